The van der Waals surface area contributed by atoms with Crippen molar-refractivity contribution >= 4 is 11.3 Å². The predicted molar refractivity (Wildman–Crippen MR) is 72.0 cm³/mol. The molecule has 0 radical (unpaired) electrons. The van der Waals surface area contributed by atoms with Crippen LogP contribution in [0.3, 0.4) is 0 Å². The highest BCUT2D eigenvalue weighted by molar-refractivity contribution is 7.09. The van der Waals surface area contributed by atoms with E-state index in [2.05, 4.69) is 36.7 Å². The summed E-state index contributed by atoms with van der Waals surface area (Å²) in [5.74, 6) is 1.71. The molecule has 2 atom stereocenters. The minimum Gasteiger partial charge on any atom is -0.313 e. The highest BCUT2D eigenvalue weighted by Gasteiger charge is 2.26. The van der Waals surface area contributed by atoms with E-state index in [1.54, 1.807) is 0 Å². The minimum absolute atomic E-state index is 0.744. The van der Waals surface area contributed by atoms with Gasteiger partial charge < -0.3 is 5.32 Å². The second kappa shape index (κ2) is 5.83. The van der Waals surface area contributed by atoms with Crippen LogP contribution in [-0.2, 0) is 6.42 Å². The van der Waals surface area contributed by atoms with Crippen LogP contribution in [0.2, 0.25) is 0 Å². The van der Waals surface area contributed by atoms with E-state index in [4.69, 9.17) is 0 Å². The molecule has 0 spiro atoms. The molecule has 1 aliphatic carbocycles. The topological polar surface area (TPSA) is 12.0 Å². The van der Waals surface area contributed by atoms with E-state index in [0.717, 1.165) is 24.4 Å². The summed E-state index contributed by atoms with van der Waals surface area (Å²) in [7, 11) is 0. The first-order chi connectivity index (χ1) is 7.77. The molecular formula is C14H23NS. The van der Waals surface area contributed by atoms with Crippen molar-refractivity contribution in [1.82, 2.24) is 5.32 Å². The Morgan fingerprint density at radius 3 is 2.69 bits per heavy atom. The molecule has 90 valence electrons. The quantitative estimate of drug-likeness (QED) is 0.842. The van der Waals surface area contributed by atoms with Gasteiger partial charge in [-0.2, -0.15) is 0 Å². The molecule has 2 heteroatoms. The molecule has 16 heavy (non-hydrogen) atoms. The van der Waals surface area contributed by atoms with Gasteiger partial charge in [0.25, 0.3) is 0 Å². The standard InChI is InChI=1S/C14H23NS/c1-11-5-3-6-12(2)14(11)15-9-8-13-7-4-10-16-13/h4,7,10-12,14-15H,3,5-6,8-9H2,1-2H3. The van der Waals surface area contributed by atoms with E-state index < -0.39 is 0 Å². The fourth-order valence-corrected chi connectivity index (χ4v) is 3.61. The van der Waals surface area contributed by atoms with Crippen molar-refractivity contribution in [1.29, 1.82) is 0 Å². The van der Waals surface area contributed by atoms with Gasteiger partial charge in [0.1, 0.15) is 0 Å². The van der Waals surface area contributed by atoms with E-state index in [1.165, 1.54) is 30.6 Å². The molecule has 0 aromatic carbocycles. The zero-order chi connectivity index (χ0) is 11.4. The minimum atomic E-state index is 0.744. The highest BCUT2D eigenvalue weighted by atomic mass is 32.1. The van der Waals surface area contributed by atoms with Gasteiger partial charge in [0, 0.05) is 17.5 Å². The van der Waals surface area contributed by atoms with Gasteiger partial charge in [-0.05, 0) is 42.5 Å². The Hall–Kier alpha value is -0.340. The average Bonchev–Trinajstić information content (AvgIpc) is 2.75. The molecule has 2 rings (SSSR count). The molecule has 1 aromatic rings. The lowest BCUT2D eigenvalue weighted by atomic mass is 9.79. The van der Waals surface area contributed by atoms with Crippen molar-refractivity contribution in [2.45, 2.75) is 45.6 Å². The Bertz CT molecular complexity index is 284. The predicted octanol–water partition coefficient (Wildman–Crippen LogP) is 3.70. The van der Waals surface area contributed by atoms with Gasteiger partial charge in [0.05, 0.1) is 0 Å². The smallest absolute Gasteiger partial charge is 0.0118 e. The molecule has 0 aliphatic heterocycles. The van der Waals surface area contributed by atoms with Gasteiger partial charge in [-0.3, -0.25) is 0 Å². The summed E-state index contributed by atoms with van der Waals surface area (Å²) in [6.45, 7) is 5.94. The molecule has 1 aromatic heterocycles. The van der Waals surface area contributed by atoms with Gasteiger partial charge >= 0.3 is 0 Å². The first-order valence-corrected chi connectivity index (χ1v) is 7.41. The van der Waals surface area contributed by atoms with Crippen LogP contribution in [0.25, 0.3) is 0 Å². The third kappa shape index (κ3) is 3.08. The summed E-state index contributed by atoms with van der Waals surface area (Å²) >= 11 is 1.87. The summed E-state index contributed by atoms with van der Waals surface area (Å²) in [5, 5.41) is 5.93. The Labute approximate surface area is 103 Å². The first kappa shape index (κ1) is 12.1. The van der Waals surface area contributed by atoms with Gasteiger partial charge in [-0.1, -0.05) is 26.3 Å². The Morgan fingerprint density at radius 2 is 2.06 bits per heavy atom. The summed E-state index contributed by atoms with van der Waals surface area (Å²) in [5.41, 5.74) is 0. The largest absolute Gasteiger partial charge is 0.313 e. The molecule has 0 amide bonds. The fraction of sp³-hybridized carbons (Fsp3) is 0.714. The van der Waals surface area contributed by atoms with Gasteiger partial charge in [0.2, 0.25) is 0 Å². The second-order valence-corrected chi connectivity index (χ2v) is 6.23. The number of hydrogen-bond donors (Lipinski definition) is 1. The van der Waals surface area contributed by atoms with E-state index in [0.29, 0.717) is 0 Å². The first-order valence-electron chi connectivity index (χ1n) is 6.53. The lowest BCUT2D eigenvalue weighted by molar-refractivity contribution is 0.210. The molecule has 1 heterocycles. The van der Waals surface area contributed by atoms with Crippen LogP contribution in [0.5, 0.6) is 0 Å². The second-order valence-electron chi connectivity index (χ2n) is 5.19. The maximum Gasteiger partial charge on any atom is 0.0118 e. The van der Waals surface area contributed by atoms with Crippen LogP contribution in [-0.4, -0.2) is 12.6 Å². The highest BCUT2D eigenvalue weighted by Crippen LogP contribution is 2.28. The maximum atomic E-state index is 3.77. The zero-order valence-corrected chi connectivity index (χ0v) is 11.2. The Morgan fingerprint density at radius 1 is 1.31 bits per heavy atom. The average molecular weight is 237 g/mol. The normalized spacial score (nSPS) is 30.5. The van der Waals surface area contributed by atoms with Crippen LogP contribution in [0.4, 0.5) is 0 Å². The van der Waals surface area contributed by atoms with E-state index in [1.807, 2.05) is 11.3 Å². The molecule has 1 nitrogen and oxygen atoms in total. The van der Waals surface area contributed by atoms with E-state index in [9.17, 15) is 0 Å². The lowest BCUT2D eigenvalue weighted by Crippen LogP contribution is -2.43. The zero-order valence-electron chi connectivity index (χ0n) is 10.4. The molecule has 1 N–H and O–H groups in total. The summed E-state index contributed by atoms with van der Waals surface area (Å²) in [6.07, 6.45) is 5.42. The summed E-state index contributed by atoms with van der Waals surface area (Å²) in [6, 6.07) is 5.13. The van der Waals surface area contributed by atoms with Crippen LogP contribution < -0.4 is 5.32 Å². The molecule has 1 saturated carbocycles. The van der Waals surface area contributed by atoms with Crippen LogP contribution in [0.15, 0.2) is 17.5 Å². The molecule has 0 bridgehead atoms. The number of rotatable bonds is 4. The van der Waals surface area contributed by atoms with Gasteiger partial charge in [-0.15, -0.1) is 11.3 Å². The molecule has 1 fully saturated rings. The van der Waals surface area contributed by atoms with Crippen molar-refractivity contribution in [2.75, 3.05) is 6.54 Å². The van der Waals surface area contributed by atoms with E-state index >= 15 is 0 Å². The van der Waals surface area contributed by atoms with Crippen molar-refractivity contribution in [2.24, 2.45) is 11.8 Å². The molecule has 2 unspecified atom stereocenters. The van der Waals surface area contributed by atoms with Gasteiger partial charge in [0.15, 0.2) is 0 Å². The van der Waals surface area contributed by atoms with Crippen molar-refractivity contribution in [3.8, 4) is 0 Å². The van der Waals surface area contributed by atoms with Crippen molar-refractivity contribution < 1.29 is 0 Å². The van der Waals surface area contributed by atoms with Crippen LogP contribution >= 0.6 is 11.3 Å². The van der Waals surface area contributed by atoms with Crippen molar-refractivity contribution in [3.63, 3.8) is 0 Å². The maximum absolute atomic E-state index is 3.77. The molecule has 0 saturated heterocycles. The number of hydrogen-bond acceptors (Lipinski definition) is 2. The monoisotopic (exact) mass is 237 g/mol. The summed E-state index contributed by atoms with van der Waals surface area (Å²) < 4.78 is 0. The molecule has 1 aliphatic rings. The number of thiophene rings is 1. The van der Waals surface area contributed by atoms with Crippen molar-refractivity contribution in [3.05, 3.63) is 22.4 Å². The van der Waals surface area contributed by atoms with E-state index in [-0.39, 0.29) is 0 Å². The Kier molecular flexibility index (Phi) is 4.42. The SMILES string of the molecule is CC1CCCC(C)C1NCCc1cccs1. The number of nitrogens with one attached hydrogen (secondary N) is 1. The third-order valence-corrected chi connectivity index (χ3v) is 4.81. The lowest BCUT2D eigenvalue weighted by Gasteiger charge is -2.35. The third-order valence-electron chi connectivity index (χ3n) is 3.88. The summed E-state index contributed by atoms with van der Waals surface area (Å²) in [4.78, 5) is 1.50. The molecular weight excluding hydrogens is 214 g/mol. The fourth-order valence-electron chi connectivity index (χ4n) is 2.90. The van der Waals surface area contributed by atoms with Gasteiger partial charge in [-0.25, -0.2) is 0 Å². The Balaban J connectivity index is 1.75. The van der Waals surface area contributed by atoms with Crippen LogP contribution in [0, 0.1) is 11.8 Å². The van der Waals surface area contributed by atoms with Crippen LogP contribution in [0.1, 0.15) is 38.0 Å².